The highest BCUT2D eigenvalue weighted by Crippen LogP contribution is 2.24. The van der Waals surface area contributed by atoms with E-state index >= 15 is 0 Å². The topological polar surface area (TPSA) is 41.0 Å². The van der Waals surface area contributed by atoms with Crippen molar-refractivity contribution < 1.29 is 13.6 Å². The van der Waals surface area contributed by atoms with E-state index in [0.717, 1.165) is 6.07 Å². The number of likely N-dealkylation sites (N-methyl/N-ethyl adjacent to an activating group) is 1. The highest BCUT2D eigenvalue weighted by atomic mass is 32.1. The fourth-order valence-electron chi connectivity index (χ4n) is 2.44. The summed E-state index contributed by atoms with van der Waals surface area (Å²) in [7, 11) is 0. The molecule has 21 heavy (non-hydrogen) atoms. The molecule has 0 saturated carbocycles. The summed E-state index contributed by atoms with van der Waals surface area (Å²) < 4.78 is 28.9. The third-order valence-electron chi connectivity index (χ3n) is 3.56. The Morgan fingerprint density at radius 1 is 1.38 bits per heavy atom. The van der Waals surface area contributed by atoms with Crippen LogP contribution >= 0.6 is 12.2 Å². The fraction of sp³-hybridized carbons (Fsp3) is 0.429. The maximum atomic E-state index is 13.8. The number of aromatic amines is 1. The lowest BCUT2D eigenvalue weighted by Gasteiger charge is -2.24. The number of hydrogen-bond acceptors (Lipinski definition) is 2. The molecule has 1 unspecified atom stereocenters. The van der Waals surface area contributed by atoms with E-state index in [4.69, 9.17) is 12.2 Å². The molecule has 0 fully saturated rings. The molecular weight excluding hydrogens is 296 g/mol. The van der Waals surface area contributed by atoms with Crippen LogP contribution < -0.4 is 0 Å². The molecule has 0 radical (unpaired) electrons. The van der Waals surface area contributed by atoms with Gasteiger partial charge in [-0.3, -0.25) is 4.79 Å². The summed E-state index contributed by atoms with van der Waals surface area (Å²) >= 11 is 5.16. The number of amides is 1. The van der Waals surface area contributed by atoms with Crippen molar-refractivity contribution in [2.24, 2.45) is 0 Å². The molecule has 7 heteroatoms. The molecular formula is C14H17F2N3OS. The molecule has 2 aromatic rings. The summed E-state index contributed by atoms with van der Waals surface area (Å²) in [5.41, 5.74) is 0.367. The number of imidazole rings is 1. The van der Waals surface area contributed by atoms with Crippen LogP contribution in [0.1, 0.15) is 26.8 Å². The van der Waals surface area contributed by atoms with Crippen molar-refractivity contribution in [3.05, 3.63) is 28.5 Å². The van der Waals surface area contributed by atoms with Crippen LogP contribution in [-0.4, -0.2) is 33.4 Å². The fourth-order valence-corrected chi connectivity index (χ4v) is 2.80. The van der Waals surface area contributed by atoms with Gasteiger partial charge in [-0.1, -0.05) is 0 Å². The van der Waals surface area contributed by atoms with Crippen molar-refractivity contribution in [2.45, 2.75) is 26.8 Å². The third-order valence-corrected chi connectivity index (χ3v) is 3.86. The van der Waals surface area contributed by atoms with Gasteiger partial charge in [0.2, 0.25) is 5.91 Å². The zero-order chi connectivity index (χ0) is 15.7. The summed E-state index contributed by atoms with van der Waals surface area (Å²) in [4.78, 5) is 16.8. The molecule has 1 aromatic carbocycles. The van der Waals surface area contributed by atoms with Gasteiger partial charge in [-0.05, 0) is 39.1 Å². The zero-order valence-corrected chi connectivity index (χ0v) is 12.9. The molecule has 1 atom stereocenters. The standard InChI is InChI=1S/C14H17F2N3OS/c1-4-18(5-2)13(20)8(3)19-11-7-9(15)6-10(16)12(11)17-14(19)21/h6-8H,4-5H2,1-3H3,(H,17,21). The molecule has 2 rings (SSSR count). The summed E-state index contributed by atoms with van der Waals surface area (Å²) in [6.07, 6.45) is 0. The molecule has 0 aliphatic rings. The van der Waals surface area contributed by atoms with E-state index in [1.807, 2.05) is 13.8 Å². The van der Waals surface area contributed by atoms with Crippen LogP contribution in [0.15, 0.2) is 12.1 Å². The zero-order valence-electron chi connectivity index (χ0n) is 12.1. The normalized spacial score (nSPS) is 12.6. The Morgan fingerprint density at radius 2 is 2.00 bits per heavy atom. The Kier molecular flexibility index (Phi) is 4.41. The van der Waals surface area contributed by atoms with Crippen LogP contribution in [0.2, 0.25) is 0 Å². The number of nitrogens with one attached hydrogen (secondary N) is 1. The van der Waals surface area contributed by atoms with Crippen molar-refractivity contribution in [1.29, 1.82) is 0 Å². The number of benzene rings is 1. The second kappa shape index (κ2) is 5.93. The molecule has 1 aromatic heterocycles. The number of carbonyl (C=O) groups is 1. The van der Waals surface area contributed by atoms with Crippen LogP contribution in [-0.2, 0) is 4.79 Å². The van der Waals surface area contributed by atoms with Gasteiger partial charge in [-0.2, -0.15) is 0 Å². The van der Waals surface area contributed by atoms with Crippen LogP contribution in [0.4, 0.5) is 8.78 Å². The molecule has 4 nitrogen and oxygen atoms in total. The Labute approximate surface area is 126 Å². The largest absolute Gasteiger partial charge is 0.341 e. The maximum absolute atomic E-state index is 13.8. The average Bonchev–Trinajstić information content (AvgIpc) is 2.76. The van der Waals surface area contributed by atoms with E-state index in [0.29, 0.717) is 13.1 Å². The van der Waals surface area contributed by atoms with Crippen LogP contribution in [0.3, 0.4) is 0 Å². The van der Waals surface area contributed by atoms with Crippen LogP contribution in [0.25, 0.3) is 11.0 Å². The first-order chi connectivity index (χ1) is 9.90. The smallest absolute Gasteiger partial charge is 0.245 e. The second-order valence-corrected chi connectivity index (χ2v) is 5.16. The Balaban J connectivity index is 2.58. The molecule has 1 heterocycles. The number of halogens is 2. The first-order valence-electron chi connectivity index (χ1n) is 6.78. The Morgan fingerprint density at radius 3 is 2.57 bits per heavy atom. The van der Waals surface area contributed by atoms with E-state index in [1.165, 1.54) is 10.6 Å². The molecule has 0 spiro atoms. The van der Waals surface area contributed by atoms with E-state index in [2.05, 4.69) is 4.98 Å². The molecule has 114 valence electrons. The molecule has 0 saturated heterocycles. The van der Waals surface area contributed by atoms with E-state index in [9.17, 15) is 13.6 Å². The van der Waals surface area contributed by atoms with E-state index < -0.39 is 17.7 Å². The molecule has 0 aliphatic carbocycles. The predicted molar refractivity (Wildman–Crippen MR) is 79.7 cm³/mol. The van der Waals surface area contributed by atoms with Gasteiger partial charge in [-0.25, -0.2) is 8.78 Å². The van der Waals surface area contributed by atoms with E-state index in [-0.39, 0.29) is 21.7 Å². The van der Waals surface area contributed by atoms with Crippen LogP contribution in [0, 0.1) is 16.4 Å². The van der Waals surface area contributed by atoms with Crippen molar-refractivity contribution in [3.63, 3.8) is 0 Å². The maximum Gasteiger partial charge on any atom is 0.245 e. The SMILES string of the molecule is CCN(CC)C(=O)C(C)n1c(=S)[nH]c2c(F)cc(F)cc21. The number of nitrogens with zero attached hydrogens (tertiary/aromatic N) is 2. The van der Waals surface area contributed by atoms with Crippen molar-refractivity contribution in [3.8, 4) is 0 Å². The number of rotatable bonds is 4. The number of fused-ring (bicyclic) bond motifs is 1. The minimum absolute atomic E-state index is 0.112. The lowest BCUT2D eigenvalue weighted by Crippen LogP contribution is -2.36. The van der Waals surface area contributed by atoms with Gasteiger partial charge in [0.1, 0.15) is 17.4 Å². The minimum Gasteiger partial charge on any atom is -0.341 e. The summed E-state index contributed by atoms with van der Waals surface area (Å²) in [6, 6.07) is 1.33. The number of carbonyl (C=O) groups excluding carboxylic acids is 1. The van der Waals surface area contributed by atoms with Crippen molar-refractivity contribution >= 4 is 29.2 Å². The van der Waals surface area contributed by atoms with Gasteiger partial charge in [0, 0.05) is 19.2 Å². The highest BCUT2D eigenvalue weighted by Gasteiger charge is 2.23. The quantitative estimate of drug-likeness (QED) is 0.879. The number of aromatic nitrogens is 2. The molecule has 0 aliphatic heterocycles. The van der Waals surface area contributed by atoms with Gasteiger partial charge in [0.05, 0.1) is 5.52 Å². The molecule has 1 amide bonds. The monoisotopic (exact) mass is 313 g/mol. The highest BCUT2D eigenvalue weighted by molar-refractivity contribution is 7.71. The Hall–Kier alpha value is -1.76. The minimum atomic E-state index is -0.725. The van der Waals surface area contributed by atoms with Gasteiger partial charge < -0.3 is 14.5 Å². The molecule has 1 N–H and O–H groups in total. The van der Waals surface area contributed by atoms with E-state index in [1.54, 1.807) is 11.8 Å². The van der Waals surface area contributed by atoms with Gasteiger partial charge in [0.25, 0.3) is 0 Å². The van der Waals surface area contributed by atoms with Crippen molar-refractivity contribution in [1.82, 2.24) is 14.5 Å². The second-order valence-electron chi connectivity index (χ2n) is 4.77. The summed E-state index contributed by atoms with van der Waals surface area (Å²) in [5.74, 6) is -1.57. The predicted octanol–water partition coefficient (Wildman–Crippen LogP) is 3.41. The van der Waals surface area contributed by atoms with Crippen LogP contribution in [0.5, 0.6) is 0 Å². The third kappa shape index (κ3) is 2.70. The Bertz CT molecular complexity index is 734. The lowest BCUT2D eigenvalue weighted by molar-refractivity contribution is -0.133. The van der Waals surface area contributed by atoms with Crippen molar-refractivity contribution in [2.75, 3.05) is 13.1 Å². The number of H-pyrrole nitrogens is 1. The van der Waals surface area contributed by atoms with Gasteiger partial charge in [0.15, 0.2) is 10.6 Å². The molecule has 0 bridgehead atoms. The van der Waals surface area contributed by atoms with Gasteiger partial charge >= 0.3 is 0 Å². The first kappa shape index (κ1) is 15.6. The summed E-state index contributed by atoms with van der Waals surface area (Å²) in [5, 5.41) is 0. The summed E-state index contributed by atoms with van der Waals surface area (Å²) in [6.45, 7) is 6.56. The first-order valence-corrected chi connectivity index (χ1v) is 7.19. The van der Waals surface area contributed by atoms with Gasteiger partial charge in [-0.15, -0.1) is 0 Å². The lowest BCUT2D eigenvalue weighted by atomic mass is 10.2. The number of hydrogen-bond donors (Lipinski definition) is 1. The average molecular weight is 313 g/mol.